The number of carbonyl (C=O) groups is 1. The van der Waals surface area contributed by atoms with Crippen LogP contribution in [0, 0.1) is 0 Å². The van der Waals surface area contributed by atoms with E-state index in [4.69, 9.17) is 11.6 Å². The maximum absolute atomic E-state index is 10.4. The van der Waals surface area contributed by atoms with Gasteiger partial charge in [-0.1, -0.05) is 26.2 Å². The fourth-order valence-corrected chi connectivity index (χ4v) is 1.45. The van der Waals surface area contributed by atoms with E-state index in [1.807, 2.05) is 0 Å². The van der Waals surface area contributed by atoms with E-state index in [1.165, 1.54) is 19.3 Å². The second-order valence-corrected chi connectivity index (χ2v) is 4.04. The Morgan fingerprint density at radius 3 is 2.29 bits per heavy atom. The van der Waals surface area contributed by atoms with Crippen LogP contribution in [-0.2, 0) is 4.79 Å². The lowest BCUT2D eigenvalue weighted by Crippen LogP contribution is -2.16. The second kappa shape index (κ2) is 11.0. The molecule has 0 heterocycles. The van der Waals surface area contributed by atoms with Crippen LogP contribution < -0.4 is 5.32 Å². The van der Waals surface area contributed by atoms with Crippen LogP contribution in [0.3, 0.4) is 0 Å². The zero-order valence-electron chi connectivity index (χ0n) is 9.15. The van der Waals surface area contributed by atoms with E-state index >= 15 is 0 Å². The molecule has 0 fully saturated rings. The van der Waals surface area contributed by atoms with Crippen LogP contribution in [0.25, 0.3) is 0 Å². The minimum absolute atomic E-state index is 0.207. The number of halogens is 1. The van der Waals surface area contributed by atoms with Crippen LogP contribution in [0.4, 0.5) is 0 Å². The minimum atomic E-state index is -0.207. The van der Waals surface area contributed by atoms with Gasteiger partial charge in [0.25, 0.3) is 0 Å². The first-order valence-corrected chi connectivity index (χ1v) is 6.04. The molecule has 14 heavy (non-hydrogen) atoms. The maximum Gasteiger partial charge on any atom is 0.221 e. The Morgan fingerprint density at radius 1 is 1.07 bits per heavy atom. The van der Waals surface area contributed by atoms with Crippen molar-refractivity contribution in [1.82, 2.24) is 5.32 Å². The molecule has 0 radical (unpaired) electrons. The summed E-state index contributed by atoms with van der Waals surface area (Å²) in [6.07, 6.45) is 7.57. The lowest BCUT2D eigenvalue weighted by Gasteiger charge is -2.03. The minimum Gasteiger partial charge on any atom is -0.317 e. The van der Waals surface area contributed by atoms with Crippen molar-refractivity contribution in [1.29, 1.82) is 0 Å². The van der Waals surface area contributed by atoms with E-state index < -0.39 is 0 Å². The average molecular weight is 220 g/mol. The van der Waals surface area contributed by atoms with Crippen molar-refractivity contribution in [2.75, 3.05) is 13.1 Å². The molecule has 0 atom stereocenters. The molecule has 0 amide bonds. The summed E-state index contributed by atoms with van der Waals surface area (Å²) in [5, 5.41) is 3.18. The van der Waals surface area contributed by atoms with Gasteiger partial charge < -0.3 is 5.32 Å². The topological polar surface area (TPSA) is 29.1 Å². The third-order valence-electron chi connectivity index (χ3n) is 2.18. The van der Waals surface area contributed by atoms with Gasteiger partial charge in [0.15, 0.2) is 0 Å². The number of nitrogens with one attached hydrogen (secondary N) is 1. The van der Waals surface area contributed by atoms with E-state index in [-0.39, 0.29) is 5.24 Å². The highest BCUT2D eigenvalue weighted by Gasteiger charge is 1.95. The van der Waals surface area contributed by atoms with E-state index in [0.717, 1.165) is 32.4 Å². The van der Waals surface area contributed by atoms with E-state index in [0.29, 0.717) is 6.42 Å². The third-order valence-corrected chi connectivity index (χ3v) is 2.37. The maximum atomic E-state index is 10.4. The van der Waals surface area contributed by atoms with Crippen molar-refractivity contribution in [2.45, 2.75) is 51.9 Å². The lowest BCUT2D eigenvalue weighted by atomic mass is 10.2. The fourth-order valence-electron chi connectivity index (χ4n) is 1.32. The molecule has 0 saturated heterocycles. The zero-order chi connectivity index (χ0) is 10.6. The molecule has 84 valence electrons. The summed E-state index contributed by atoms with van der Waals surface area (Å²) in [6.45, 7) is 4.41. The lowest BCUT2D eigenvalue weighted by molar-refractivity contribution is -0.111. The van der Waals surface area contributed by atoms with Crippen molar-refractivity contribution in [2.24, 2.45) is 0 Å². The zero-order valence-corrected chi connectivity index (χ0v) is 9.91. The van der Waals surface area contributed by atoms with Gasteiger partial charge >= 0.3 is 0 Å². The fraction of sp³-hybridized carbons (Fsp3) is 0.909. The molecule has 0 saturated carbocycles. The molecule has 0 aliphatic carbocycles. The first-order chi connectivity index (χ1) is 6.77. The largest absolute Gasteiger partial charge is 0.317 e. The average Bonchev–Trinajstić information content (AvgIpc) is 2.15. The Bertz CT molecular complexity index is 139. The Morgan fingerprint density at radius 2 is 1.71 bits per heavy atom. The molecule has 2 nitrogen and oxygen atoms in total. The second-order valence-electron chi connectivity index (χ2n) is 3.62. The van der Waals surface area contributed by atoms with Crippen molar-refractivity contribution < 1.29 is 4.79 Å². The summed E-state index contributed by atoms with van der Waals surface area (Å²) in [4.78, 5) is 10.4. The van der Waals surface area contributed by atoms with Crippen molar-refractivity contribution in [3.8, 4) is 0 Å². The third kappa shape index (κ3) is 11.9. The van der Waals surface area contributed by atoms with Crippen molar-refractivity contribution >= 4 is 16.8 Å². The normalized spacial score (nSPS) is 10.4. The standard InChI is InChI=1S/C11H22ClNO/c1-2-3-6-9-13-10-7-4-5-8-11(12)14/h13H,2-10H2,1H3. The molecule has 0 bridgehead atoms. The summed E-state index contributed by atoms with van der Waals surface area (Å²) >= 11 is 5.22. The summed E-state index contributed by atoms with van der Waals surface area (Å²) < 4.78 is 0. The van der Waals surface area contributed by atoms with Crippen molar-refractivity contribution in [3.63, 3.8) is 0 Å². The van der Waals surface area contributed by atoms with Gasteiger partial charge in [0.05, 0.1) is 0 Å². The number of hydrogen-bond donors (Lipinski definition) is 1. The molecule has 1 N–H and O–H groups in total. The van der Waals surface area contributed by atoms with Gasteiger partial charge in [0.2, 0.25) is 5.24 Å². The molecule has 0 aromatic carbocycles. The van der Waals surface area contributed by atoms with Crippen LogP contribution in [0.5, 0.6) is 0 Å². The molecule has 0 aromatic rings. The van der Waals surface area contributed by atoms with Gasteiger partial charge in [-0.05, 0) is 44.0 Å². The van der Waals surface area contributed by atoms with Gasteiger partial charge in [0.1, 0.15) is 0 Å². The highest BCUT2D eigenvalue weighted by atomic mass is 35.5. The molecule has 3 heteroatoms. The van der Waals surface area contributed by atoms with Gasteiger partial charge in [-0.2, -0.15) is 0 Å². The first-order valence-electron chi connectivity index (χ1n) is 5.66. The molecule has 0 unspecified atom stereocenters. The van der Waals surface area contributed by atoms with Crippen LogP contribution in [0.15, 0.2) is 0 Å². The SMILES string of the molecule is CCCCCNCCCCCC(=O)Cl. The number of rotatable bonds is 10. The highest BCUT2D eigenvalue weighted by molar-refractivity contribution is 6.63. The Hall–Kier alpha value is -0.0800. The quantitative estimate of drug-likeness (QED) is 0.452. The van der Waals surface area contributed by atoms with Crippen LogP contribution in [0.2, 0.25) is 0 Å². The van der Waals surface area contributed by atoms with Gasteiger partial charge in [-0.15, -0.1) is 0 Å². The Labute approximate surface area is 92.4 Å². The number of unbranched alkanes of at least 4 members (excludes halogenated alkanes) is 4. The monoisotopic (exact) mass is 219 g/mol. The van der Waals surface area contributed by atoms with Gasteiger partial charge in [0, 0.05) is 6.42 Å². The predicted molar refractivity (Wildman–Crippen MR) is 61.7 cm³/mol. The highest BCUT2D eigenvalue weighted by Crippen LogP contribution is 2.01. The summed E-state index contributed by atoms with van der Waals surface area (Å²) in [7, 11) is 0. The van der Waals surface area contributed by atoms with E-state index in [1.54, 1.807) is 0 Å². The first kappa shape index (κ1) is 13.9. The van der Waals surface area contributed by atoms with Crippen LogP contribution in [0.1, 0.15) is 51.9 Å². The van der Waals surface area contributed by atoms with Crippen LogP contribution in [-0.4, -0.2) is 18.3 Å². The molecule has 0 aliphatic heterocycles. The summed E-state index contributed by atoms with van der Waals surface area (Å²) in [6, 6.07) is 0. The smallest absolute Gasteiger partial charge is 0.221 e. The molecule has 0 rings (SSSR count). The van der Waals surface area contributed by atoms with E-state index in [2.05, 4.69) is 12.2 Å². The molecular weight excluding hydrogens is 198 g/mol. The molecule has 0 aromatic heterocycles. The van der Waals surface area contributed by atoms with Crippen molar-refractivity contribution in [3.05, 3.63) is 0 Å². The molecular formula is C11H22ClNO. The number of carbonyl (C=O) groups excluding carboxylic acids is 1. The van der Waals surface area contributed by atoms with Crippen LogP contribution >= 0.6 is 11.6 Å². The summed E-state index contributed by atoms with van der Waals surface area (Å²) in [5.41, 5.74) is 0. The number of hydrogen-bond acceptors (Lipinski definition) is 2. The van der Waals surface area contributed by atoms with Gasteiger partial charge in [-0.25, -0.2) is 0 Å². The van der Waals surface area contributed by atoms with E-state index in [9.17, 15) is 4.79 Å². The summed E-state index contributed by atoms with van der Waals surface area (Å²) in [5.74, 6) is 0. The van der Waals surface area contributed by atoms with Gasteiger partial charge in [-0.3, -0.25) is 4.79 Å². The molecule has 0 aliphatic rings. The Balaban J connectivity index is 2.88. The molecule has 0 spiro atoms. The Kier molecular flexibility index (Phi) is 10.9. The predicted octanol–water partition coefficient (Wildman–Crippen LogP) is 3.09.